The van der Waals surface area contributed by atoms with Gasteiger partial charge in [-0.1, -0.05) is 18.2 Å². The molecule has 24 heavy (non-hydrogen) atoms. The van der Waals surface area contributed by atoms with Crippen LogP contribution in [0.15, 0.2) is 30.3 Å². The van der Waals surface area contributed by atoms with Crippen molar-refractivity contribution < 1.29 is 13.2 Å². The van der Waals surface area contributed by atoms with Gasteiger partial charge in [0.25, 0.3) is 5.91 Å². The Morgan fingerprint density at radius 2 is 1.88 bits per heavy atom. The number of fused-ring (bicyclic) bond motifs is 1. The van der Waals surface area contributed by atoms with Gasteiger partial charge in [0.1, 0.15) is 5.69 Å². The summed E-state index contributed by atoms with van der Waals surface area (Å²) in [6, 6.07) is 9.61. The van der Waals surface area contributed by atoms with Crippen LogP contribution in [0.1, 0.15) is 30.8 Å². The van der Waals surface area contributed by atoms with Crippen molar-refractivity contribution in [1.82, 2.24) is 14.2 Å². The SMILES string of the molecule is CC(C)S(=O)(=O)N1CCCN(C(=O)c2cc3ccccc3[nH]2)CC1. The van der Waals surface area contributed by atoms with Crippen molar-refractivity contribution in [2.24, 2.45) is 0 Å². The standard InChI is InChI=1S/C17H23N3O3S/c1-13(2)24(22,23)20-9-5-8-19(10-11-20)17(21)16-12-14-6-3-4-7-15(14)18-16/h3-4,6-7,12-13,18H,5,8-11H2,1-2H3. The number of hydrogen-bond acceptors (Lipinski definition) is 3. The van der Waals surface area contributed by atoms with Crippen LogP contribution in [-0.4, -0.2) is 59.9 Å². The summed E-state index contributed by atoms with van der Waals surface area (Å²) in [7, 11) is -3.27. The highest BCUT2D eigenvalue weighted by Crippen LogP contribution is 2.18. The molecule has 1 aliphatic rings. The first-order chi connectivity index (χ1) is 11.4. The predicted octanol–water partition coefficient (Wildman–Crippen LogP) is 2.05. The highest BCUT2D eigenvalue weighted by atomic mass is 32.2. The molecule has 7 heteroatoms. The lowest BCUT2D eigenvalue weighted by Gasteiger charge is -2.23. The third kappa shape index (κ3) is 3.18. The Hall–Kier alpha value is -1.86. The van der Waals surface area contributed by atoms with E-state index in [4.69, 9.17) is 0 Å². The zero-order chi connectivity index (χ0) is 17.3. The monoisotopic (exact) mass is 349 g/mol. The molecule has 3 rings (SSSR count). The highest BCUT2D eigenvalue weighted by molar-refractivity contribution is 7.89. The molecule has 0 atom stereocenters. The van der Waals surface area contributed by atoms with Gasteiger partial charge in [0.2, 0.25) is 10.0 Å². The first kappa shape index (κ1) is 17.0. The third-order valence-electron chi connectivity index (χ3n) is 4.46. The topological polar surface area (TPSA) is 73.5 Å². The van der Waals surface area contributed by atoms with Crippen LogP contribution in [0.25, 0.3) is 10.9 Å². The van der Waals surface area contributed by atoms with Gasteiger partial charge in [0.05, 0.1) is 5.25 Å². The summed E-state index contributed by atoms with van der Waals surface area (Å²) in [6.07, 6.45) is 0.651. The lowest BCUT2D eigenvalue weighted by molar-refractivity contribution is 0.0759. The number of hydrogen-bond donors (Lipinski definition) is 1. The second-order valence-corrected chi connectivity index (χ2v) is 8.90. The zero-order valence-corrected chi connectivity index (χ0v) is 14.8. The van der Waals surface area contributed by atoms with Crippen LogP contribution in [0.4, 0.5) is 0 Å². The van der Waals surface area contributed by atoms with E-state index in [-0.39, 0.29) is 5.91 Å². The first-order valence-electron chi connectivity index (χ1n) is 8.25. The summed E-state index contributed by atoms with van der Waals surface area (Å²) < 4.78 is 26.1. The molecule has 1 fully saturated rings. The summed E-state index contributed by atoms with van der Waals surface area (Å²) in [4.78, 5) is 17.6. The first-order valence-corrected chi connectivity index (χ1v) is 9.76. The molecule has 0 aliphatic carbocycles. The lowest BCUT2D eigenvalue weighted by Crippen LogP contribution is -2.40. The molecule has 1 amide bonds. The maximum atomic E-state index is 12.7. The number of amides is 1. The van der Waals surface area contributed by atoms with E-state index >= 15 is 0 Å². The molecule has 2 heterocycles. The number of aromatic amines is 1. The zero-order valence-electron chi connectivity index (χ0n) is 14.0. The molecular weight excluding hydrogens is 326 g/mol. The van der Waals surface area contributed by atoms with E-state index in [1.54, 1.807) is 18.7 Å². The van der Waals surface area contributed by atoms with Gasteiger partial charge in [-0.3, -0.25) is 4.79 Å². The van der Waals surface area contributed by atoms with E-state index < -0.39 is 15.3 Å². The summed E-state index contributed by atoms with van der Waals surface area (Å²) in [5.74, 6) is -0.0741. The van der Waals surface area contributed by atoms with Gasteiger partial charge in [0.15, 0.2) is 0 Å². The average Bonchev–Trinajstić information content (AvgIpc) is 2.82. The van der Waals surface area contributed by atoms with E-state index in [0.29, 0.717) is 38.3 Å². The second kappa shape index (κ2) is 6.57. The number of H-pyrrole nitrogens is 1. The Balaban J connectivity index is 1.75. The van der Waals surface area contributed by atoms with Gasteiger partial charge < -0.3 is 9.88 Å². The fourth-order valence-corrected chi connectivity index (χ4v) is 4.32. The molecule has 130 valence electrons. The predicted molar refractivity (Wildman–Crippen MR) is 94.4 cm³/mol. The summed E-state index contributed by atoms with van der Waals surface area (Å²) in [5, 5.41) is 0.563. The van der Waals surface area contributed by atoms with Gasteiger partial charge in [-0.05, 0) is 32.4 Å². The minimum atomic E-state index is -3.27. The van der Waals surface area contributed by atoms with Crippen LogP contribution in [0.3, 0.4) is 0 Å². The third-order valence-corrected chi connectivity index (χ3v) is 6.73. The molecule has 0 radical (unpaired) electrons. The number of benzene rings is 1. The average molecular weight is 349 g/mol. The minimum Gasteiger partial charge on any atom is -0.351 e. The number of carbonyl (C=O) groups excluding carboxylic acids is 1. The van der Waals surface area contributed by atoms with Crippen molar-refractivity contribution >= 4 is 26.8 Å². The van der Waals surface area contributed by atoms with E-state index in [2.05, 4.69) is 4.98 Å². The quantitative estimate of drug-likeness (QED) is 0.922. The number of nitrogens with one attached hydrogen (secondary N) is 1. The summed E-state index contributed by atoms with van der Waals surface area (Å²) >= 11 is 0. The van der Waals surface area contributed by atoms with Crippen LogP contribution in [0, 0.1) is 0 Å². The lowest BCUT2D eigenvalue weighted by atomic mass is 10.2. The number of sulfonamides is 1. The Bertz CT molecular complexity index is 809. The van der Waals surface area contributed by atoms with E-state index in [1.165, 1.54) is 4.31 Å². The van der Waals surface area contributed by atoms with Crippen molar-refractivity contribution in [3.63, 3.8) is 0 Å². The number of nitrogens with zero attached hydrogens (tertiary/aromatic N) is 2. The molecule has 0 unspecified atom stereocenters. The molecule has 0 bridgehead atoms. The van der Waals surface area contributed by atoms with Crippen LogP contribution in [0.5, 0.6) is 0 Å². The molecule has 1 saturated heterocycles. The van der Waals surface area contributed by atoms with Gasteiger partial charge in [-0.2, -0.15) is 4.31 Å². The number of para-hydroxylation sites is 1. The van der Waals surface area contributed by atoms with Gasteiger partial charge >= 0.3 is 0 Å². The summed E-state index contributed by atoms with van der Waals surface area (Å²) in [5.41, 5.74) is 1.48. The maximum absolute atomic E-state index is 12.7. The van der Waals surface area contributed by atoms with Crippen molar-refractivity contribution in [2.45, 2.75) is 25.5 Å². The van der Waals surface area contributed by atoms with Gasteiger partial charge in [0, 0.05) is 37.1 Å². The number of carbonyl (C=O) groups is 1. The van der Waals surface area contributed by atoms with Crippen molar-refractivity contribution in [1.29, 1.82) is 0 Å². The molecular formula is C17H23N3O3S. The Morgan fingerprint density at radius 1 is 1.12 bits per heavy atom. The van der Waals surface area contributed by atoms with Crippen molar-refractivity contribution in [3.8, 4) is 0 Å². The molecule has 1 aliphatic heterocycles. The van der Waals surface area contributed by atoms with Crippen molar-refractivity contribution in [2.75, 3.05) is 26.2 Å². The number of rotatable bonds is 3. The smallest absolute Gasteiger partial charge is 0.270 e. The molecule has 2 aromatic rings. The molecule has 6 nitrogen and oxygen atoms in total. The Kier molecular flexibility index (Phi) is 4.64. The maximum Gasteiger partial charge on any atom is 0.270 e. The number of aromatic nitrogens is 1. The normalized spacial score (nSPS) is 17.4. The van der Waals surface area contributed by atoms with E-state index in [9.17, 15) is 13.2 Å². The van der Waals surface area contributed by atoms with Gasteiger partial charge in [-0.15, -0.1) is 0 Å². The molecule has 0 spiro atoms. The van der Waals surface area contributed by atoms with Crippen LogP contribution >= 0.6 is 0 Å². The van der Waals surface area contributed by atoms with E-state index in [0.717, 1.165) is 10.9 Å². The Morgan fingerprint density at radius 3 is 2.58 bits per heavy atom. The van der Waals surface area contributed by atoms with E-state index in [1.807, 2.05) is 30.3 Å². The molecule has 1 aromatic heterocycles. The van der Waals surface area contributed by atoms with Crippen LogP contribution in [0.2, 0.25) is 0 Å². The van der Waals surface area contributed by atoms with Crippen molar-refractivity contribution in [3.05, 3.63) is 36.0 Å². The largest absolute Gasteiger partial charge is 0.351 e. The second-order valence-electron chi connectivity index (χ2n) is 6.41. The fraction of sp³-hybridized carbons (Fsp3) is 0.471. The highest BCUT2D eigenvalue weighted by Gasteiger charge is 2.29. The molecule has 1 aromatic carbocycles. The minimum absolute atomic E-state index is 0.0741. The van der Waals surface area contributed by atoms with Crippen LogP contribution in [-0.2, 0) is 10.0 Å². The van der Waals surface area contributed by atoms with Crippen LogP contribution < -0.4 is 0 Å². The van der Waals surface area contributed by atoms with Gasteiger partial charge in [-0.25, -0.2) is 8.42 Å². The Labute approximate surface area is 142 Å². The fourth-order valence-electron chi connectivity index (χ4n) is 3.01. The summed E-state index contributed by atoms with van der Waals surface area (Å²) in [6.45, 7) is 5.18. The molecule has 1 N–H and O–H groups in total. The molecule has 0 saturated carbocycles.